The van der Waals surface area contributed by atoms with Gasteiger partial charge in [-0.2, -0.15) is 0 Å². The van der Waals surface area contributed by atoms with Crippen LogP contribution in [0.3, 0.4) is 0 Å². The molecule has 0 radical (unpaired) electrons. The fourth-order valence-corrected chi connectivity index (χ4v) is 2.34. The first-order valence-corrected chi connectivity index (χ1v) is 7.16. The van der Waals surface area contributed by atoms with E-state index in [4.69, 9.17) is 0 Å². The van der Waals surface area contributed by atoms with Gasteiger partial charge in [-0.3, -0.25) is 9.59 Å². The Morgan fingerprint density at radius 3 is 1.50 bits per heavy atom. The number of carbonyl (C=O) groups excluding carboxylic acids is 2. The van der Waals surface area contributed by atoms with Gasteiger partial charge in [-0.25, -0.2) is 0 Å². The lowest BCUT2D eigenvalue weighted by molar-refractivity contribution is -0.131. The quantitative estimate of drug-likeness (QED) is 0.489. The van der Waals surface area contributed by atoms with Crippen molar-refractivity contribution in [3.8, 4) is 0 Å². The molecule has 0 aromatic carbocycles. The van der Waals surface area contributed by atoms with Gasteiger partial charge in [0.1, 0.15) is 8.07 Å². The van der Waals surface area contributed by atoms with E-state index in [0.29, 0.717) is 0 Å². The van der Waals surface area contributed by atoms with Crippen LogP contribution in [0.25, 0.3) is 0 Å². The standard InChI is InChI=1S/C9H18O2Si/c1-7(10)8(11)12(5,6)9(2,3)4/h1-6H3. The summed E-state index contributed by atoms with van der Waals surface area (Å²) in [6.45, 7) is 11.4. The van der Waals surface area contributed by atoms with E-state index >= 15 is 0 Å². The summed E-state index contributed by atoms with van der Waals surface area (Å²) >= 11 is 0. The summed E-state index contributed by atoms with van der Waals surface area (Å²) in [7, 11) is -2.06. The van der Waals surface area contributed by atoms with Gasteiger partial charge < -0.3 is 0 Å². The average molecular weight is 186 g/mol. The minimum absolute atomic E-state index is 0.0320. The van der Waals surface area contributed by atoms with Crippen molar-refractivity contribution in [1.82, 2.24) is 0 Å². The van der Waals surface area contributed by atoms with Crippen molar-refractivity contribution in [2.24, 2.45) is 0 Å². The Bertz CT molecular complexity index is 211. The molecule has 2 nitrogen and oxygen atoms in total. The average Bonchev–Trinajstić information content (AvgIpc) is 1.83. The fraction of sp³-hybridized carbons (Fsp3) is 0.778. The number of hydrogen-bond donors (Lipinski definition) is 0. The summed E-state index contributed by atoms with van der Waals surface area (Å²) in [6, 6.07) is 0. The van der Waals surface area contributed by atoms with Crippen molar-refractivity contribution in [3.05, 3.63) is 0 Å². The largest absolute Gasteiger partial charge is 0.297 e. The molecule has 0 aliphatic carbocycles. The third-order valence-electron chi connectivity index (χ3n) is 2.76. The van der Waals surface area contributed by atoms with Crippen LogP contribution in [-0.2, 0) is 9.59 Å². The molecule has 0 amide bonds. The number of ketones is 1. The van der Waals surface area contributed by atoms with Crippen molar-refractivity contribution in [2.45, 2.75) is 45.8 Å². The Balaban J connectivity index is 4.87. The van der Waals surface area contributed by atoms with Gasteiger partial charge >= 0.3 is 0 Å². The van der Waals surface area contributed by atoms with Gasteiger partial charge in [0.05, 0.1) is 0 Å². The zero-order valence-electron chi connectivity index (χ0n) is 8.82. The zero-order valence-corrected chi connectivity index (χ0v) is 9.82. The second-order valence-electron chi connectivity index (χ2n) is 4.76. The first kappa shape index (κ1) is 11.6. The third-order valence-corrected chi connectivity index (χ3v) is 8.00. The smallest absolute Gasteiger partial charge is 0.190 e. The van der Waals surface area contributed by atoms with Gasteiger partial charge in [0.2, 0.25) is 0 Å². The van der Waals surface area contributed by atoms with E-state index in [0.717, 1.165) is 0 Å². The van der Waals surface area contributed by atoms with Crippen molar-refractivity contribution < 1.29 is 9.59 Å². The monoisotopic (exact) mass is 186 g/mol. The maximum atomic E-state index is 11.5. The summed E-state index contributed by atoms with van der Waals surface area (Å²) in [5.41, 5.74) is 0. The minimum Gasteiger partial charge on any atom is -0.297 e. The minimum atomic E-state index is -2.06. The van der Waals surface area contributed by atoms with Crippen LogP contribution in [0.1, 0.15) is 27.7 Å². The Morgan fingerprint density at radius 2 is 1.42 bits per heavy atom. The summed E-state index contributed by atoms with van der Waals surface area (Å²) in [5.74, 6) is -0.290. The number of carbonyl (C=O) groups is 2. The summed E-state index contributed by atoms with van der Waals surface area (Å²) in [5, 5.41) is -0.176. The second kappa shape index (κ2) is 3.13. The molecule has 70 valence electrons. The molecule has 0 atom stereocenters. The first-order valence-electron chi connectivity index (χ1n) is 4.16. The molecule has 0 fully saturated rings. The van der Waals surface area contributed by atoms with E-state index in [1.807, 2.05) is 33.9 Å². The molecule has 3 heteroatoms. The lowest BCUT2D eigenvalue weighted by Gasteiger charge is -2.33. The Hall–Kier alpha value is -0.443. The molecule has 0 bridgehead atoms. The maximum Gasteiger partial charge on any atom is 0.190 e. The van der Waals surface area contributed by atoms with Crippen LogP contribution in [0, 0.1) is 0 Å². The highest BCUT2D eigenvalue weighted by molar-refractivity contribution is 7.13. The molecule has 0 rings (SSSR count). The maximum absolute atomic E-state index is 11.5. The Morgan fingerprint density at radius 1 is 1.08 bits per heavy atom. The van der Waals surface area contributed by atoms with Gasteiger partial charge in [0, 0.05) is 6.92 Å². The Kier molecular flexibility index (Phi) is 3.01. The Labute approximate surface area is 75.4 Å². The highest BCUT2D eigenvalue weighted by Gasteiger charge is 2.43. The van der Waals surface area contributed by atoms with E-state index in [1.165, 1.54) is 6.92 Å². The first-order chi connectivity index (χ1) is 5.10. The fourth-order valence-electron chi connectivity index (χ4n) is 0.781. The number of rotatable bonds is 2. The predicted molar refractivity (Wildman–Crippen MR) is 52.9 cm³/mol. The van der Waals surface area contributed by atoms with E-state index in [-0.39, 0.29) is 16.2 Å². The van der Waals surface area contributed by atoms with Crippen LogP contribution in [0.4, 0.5) is 0 Å². The van der Waals surface area contributed by atoms with Gasteiger partial charge in [-0.15, -0.1) is 0 Å². The third kappa shape index (κ3) is 2.03. The molecule has 0 aromatic heterocycles. The van der Waals surface area contributed by atoms with Crippen molar-refractivity contribution >= 4 is 19.3 Å². The van der Waals surface area contributed by atoms with Crippen molar-refractivity contribution in [3.63, 3.8) is 0 Å². The molecule has 0 spiro atoms. The molecule has 0 aliphatic heterocycles. The van der Waals surface area contributed by atoms with Gasteiger partial charge in [-0.05, 0) is 5.04 Å². The molecule has 0 saturated carbocycles. The molecule has 0 aromatic rings. The zero-order chi connectivity index (χ0) is 10.2. The van der Waals surface area contributed by atoms with Gasteiger partial charge in [0.15, 0.2) is 11.2 Å². The van der Waals surface area contributed by atoms with Crippen LogP contribution in [0.2, 0.25) is 18.1 Å². The van der Waals surface area contributed by atoms with E-state index in [2.05, 4.69) is 0 Å². The normalized spacial score (nSPS) is 12.8. The highest BCUT2D eigenvalue weighted by atomic mass is 28.3. The van der Waals surface area contributed by atoms with E-state index in [1.54, 1.807) is 0 Å². The predicted octanol–water partition coefficient (Wildman–Crippen LogP) is 2.19. The van der Waals surface area contributed by atoms with Gasteiger partial charge in [-0.1, -0.05) is 33.9 Å². The van der Waals surface area contributed by atoms with Crippen LogP contribution >= 0.6 is 0 Å². The number of hydrogen-bond acceptors (Lipinski definition) is 2. The second-order valence-corrected chi connectivity index (χ2v) is 9.96. The lowest BCUT2D eigenvalue weighted by Crippen LogP contribution is -2.49. The van der Waals surface area contributed by atoms with E-state index < -0.39 is 8.07 Å². The van der Waals surface area contributed by atoms with Crippen LogP contribution < -0.4 is 0 Å². The van der Waals surface area contributed by atoms with Crippen LogP contribution in [0.15, 0.2) is 0 Å². The SMILES string of the molecule is CC(=O)C(=O)[Si](C)(C)C(C)(C)C. The molecule has 0 saturated heterocycles. The highest BCUT2D eigenvalue weighted by Crippen LogP contribution is 2.36. The molecule has 0 N–H and O–H groups in total. The van der Waals surface area contributed by atoms with Crippen LogP contribution in [0.5, 0.6) is 0 Å². The number of Topliss-reactive ketones (excluding diaryl/α,β-unsaturated/α-hetero) is 1. The molecule has 0 heterocycles. The summed E-state index contributed by atoms with van der Waals surface area (Å²) < 4.78 is 0. The van der Waals surface area contributed by atoms with Crippen LogP contribution in [-0.4, -0.2) is 19.3 Å². The van der Waals surface area contributed by atoms with Gasteiger partial charge in [0.25, 0.3) is 0 Å². The molecule has 0 aliphatic rings. The molecular formula is C9H18O2Si. The summed E-state index contributed by atoms with van der Waals surface area (Å²) in [4.78, 5) is 22.4. The summed E-state index contributed by atoms with van der Waals surface area (Å²) in [6.07, 6.45) is 0. The van der Waals surface area contributed by atoms with Crippen molar-refractivity contribution in [1.29, 1.82) is 0 Å². The van der Waals surface area contributed by atoms with Crippen molar-refractivity contribution in [2.75, 3.05) is 0 Å². The molecule has 0 unspecified atom stereocenters. The lowest BCUT2D eigenvalue weighted by atomic mass is 10.2. The van der Waals surface area contributed by atoms with E-state index in [9.17, 15) is 9.59 Å². The molecular weight excluding hydrogens is 168 g/mol. The topological polar surface area (TPSA) is 34.1 Å². The molecule has 12 heavy (non-hydrogen) atoms.